The van der Waals surface area contributed by atoms with Crippen LogP contribution >= 0.6 is 0 Å². The number of aromatic amines is 1. The monoisotopic (exact) mass is 242 g/mol. The third-order valence-electron chi connectivity index (χ3n) is 4.09. The number of hydrogen-bond acceptors (Lipinski definition) is 1. The average molecular weight is 242 g/mol. The summed E-state index contributed by atoms with van der Waals surface area (Å²) < 4.78 is 0. The zero-order valence-corrected chi connectivity index (χ0v) is 11.5. The Hall–Kier alpha value is -1.28. The van der Waals surface area contributed by atoms with Crippen LogP contribution in [0.2, 0.25) is 0 Å². The molecular formula is C16H22N2. The van der Waals surface area contributed by atoms with Gasteiger partial charge in [0.05, 0.1) is 0 Å². The number of H-pyrrole nitrogens is 1. The first kappa shape index (κ1) is 11.8. The fourth-order valence-electron chi connectivity index (χ4n) is 2.91. The number of aryl methyl sites for hydroxylation is 1. The van der Waals surface area contributed by atoms with Crippen LogP contribution in [0.15, 0.2) is 18.2 Å². The summed E-state index contributed by atoms with van der Waals surface area (Å²) in [6, 6.07) is 7.14. The van der Waals surface area contributed by atoms with E-state index >= 15 is 0 Å². The quantitative estimate of drug-likeness (QED) is 0.731. The molecule has 2 nitrogen and oxygen atoms in total. The third-order valence-corrected chi connectivity index (χ3v) is 4.09. The highest BCUT2D eigenvalue weighted by molar-refractivity contribution is 5.86. The Bertz CT molecular complexity index is 587. The SMILES string of the molecule is CC(C)(C)c1ccc2[nH]c3c(c2c1)CC(N)CC3. The van der Waals surface area contributed by atoms with Crippen molar-refractivity contribution in [1.82, 2.24) is 4.98 Å². The molecule has 1 aromatic heterocycles. The van der Waals surface area contributed by atoms with Crippen LogP contribution in [-0.4, -0.2) is 11.0 Å². The van der Waals surface area contributed by atoms with Gasteiger partial charge in [-0.3, -0.25) is 0 Å². The molecule has 0 radical (unpaired) electrons. The first-order valence-corrected chi connectivity index (χ1v) is 6.84. The Kier molecular flexibility index (Phi) is 2.53. The van der Waals surface area contributed by atoms with Crippen molar-refractivity contribution in [2.45, 2.75) is 51.5 Å². The number of fused-ring (bicyclic) bond motifs is 3. The topological polar surface area (TPSA) is 41.8 Å². The lowest BCUT2D eigenvalue weighted by molar-refractivity contribution is 0.573. The maximum atomic E-state index is 6.11. The summed E-state index contributed by atoms with van der Waals surface area (Å²) in [7, 11) is 0. The van der Waals surface area contributed by atoms with Gasteiger partial charge in [0.25, 0.3) is 0 Å². The zero-order valence-electron chi connectivity index (χ0n) is 11.5. The Morgan fingerprint density at radius 2 is 2.06 bits per heavy atom. The Morgan fingerprint density at radius 3 is 2.78 bits per heavy atom. The highest BCUT2D eigenvalue weighted by Crippen LogP contribution is 2.32. The predicted molar refractivity (Wildman–Crippen MR) is 77.0 cm³/mol. The van der Waals surface area contributed by atoms with Crippen molar-refractivity contribution in [3.63, 3.8) is 0 Å². The lowest BCUT2D eigenvalue weighted by Crippen LogP contribution is -2.27. The highest BCUT2D eigenvalue weighted by Gasteiger charge is 2.21. The van der Waals surface area contributed by atoms with Gasteiger partial charge in [-0.15, -0.1) is 0 Å². The van der Waals surface area contributed by atoms with Crippen molar-refractivity contribution in [3.8, 4) is 0 Å². The number of rotatable bonds is 0. The molecule has 1 aromatic carbocycles. The van der Waals surface area contributed by atoms with E-state index in [0.29, 0.717) is 6.04 Å². The Morgan fingerprint density at radius 1 is 1.28 bits per heavy atom. The summed E-state index contributed by atoms with van der Waals surface area (Å²) in [5, 5.41) is 1.38. The number of aromatic nitrogens is 1. The molecule has 18 heavy (non-hydrogen) atoms. The largest absolute Gasteiger partial charge is 0.358 e. The molecule has 96 valence electrons. The van der Waals surface area contributed by atoms with E-state index in [1.54, 1.807) is 0 Å². The van der Waals surface area contributed by atoms with E-state index in [9.17, 15) is 0 Å². The van der Waals surface area contributed by atoms with Crippen molar-refractivity contribution in [2.75, 3.05) is 0 Å². The van der Waals surface area contributed by atoms with E-state index in [1.165, 1.54) is 27.7 Å². The van der Waals surface area contributed by atoms with E-state index in [4.69, 9.17) is 5.73 Å². The molecule has 1 heterocycles. The first-order valence-electron chi connectivity index (χ1n) is 6.84. The fourth-order valence-corrected chi connectivity index (χ4v) is 2.91. The standard InChI is InChI=1S/C16H22N2/c1-16(2,3)10-4-6-14-12(8-10)13-9-11(17)5-7-15(13)18-14/h4,6,8,11,18H,5,7,9,17H2,1-3H3. The van der Waals surface area contributed by atoms with Gasteiger partial charge in [0, 0.05) is 22.6 Å². The molecule has 0 spiro atoms. The molecule has 0 saturated heterocycles. The minimum Gasteiger partial charge on any atom is -0.358 e. The molecule has 1 unspecified atom stereocenters. The number of hydrogen-bond donors (Lipinski definition) is 2. The molecule has 0 amide bonds. The van der Waals surface area contributed by atoms with Gasteiger partial charge in [0.15, 0.2) is 0 Å². The average Bonchev–Trinajstić information content (AvgIpc) is 2.65. The minimum absolute atomic E-state index is 0.203. The summed E-state index contributed by atoms with van der Waals surface area (Å²) >= 11 is 0. The van der Waals surface area contributed by atoms with Crippen LogP contribution in [0, 0.1) is 0 Å². The van der Waals surface area contributed by atoms with Crippen LogP contribution in [0.4, 0.5) is 0 Å². The molecule has 0 bridgehead atoms. The van der Waals surface area contributed by atoms with Crippen LogP contribution in [0.5, 0.6) is 0 Å². The lowest BCUT2D eigenvalue weighted by Gasteiger charge is -2.20. The highest BCUT2D eigenvalue weighted by atomic mass is 14.7. The normalized spacial score (nSPS) is 20.1. The fraction of sp³-hybridized carbons (Fsp3) is 0.500. The summed E-state index contributed by atoms with van der Waals surface area (Å²) in [5.41, 5.74) is 11.8. The second-order valence-electron chi connectivity index (χ2n) is 6.60. The molecule has 1 aliphatic carbocycles. The second kappa shape index (κ2) is 3.86. The van der Waals surface area contributed by atoms with E-state index in [-0.39, 0.29) is 5.41 Å². The third kappa shape index (κ3) is 1.85. The molecule has 0 aliphatic heterocycles. The van der Waals surface area contributed by atoms with E-state index in [2.05, 4.69) is 44.0 Å². The maximum absolute atomic E-state index is 6.11. The Labute approximate surface area is 109 Å². The molecule has 0 fully saturated rings. The number of nitrogens with two attached hydrogens (primary N) is 1. The van der Waals surface area contributed by atoms with Crippen LogP contribution < -0.4 is 5.73 Å². The van der Waals surface area contributed by atoms with Crippen molar-refractivity contribution in [1.29, 1.82) is 0 Å². The maximum Gasteiger partial charge on any atom is 0.0459 e. The minimum atomic E-state index is 0.203. The van der Waals surface area contributed by atoms with Crippen LogP contribution in [-0.2, 0) is 18.3 Å². The second-order valence-corrected chi connectivity index (χ2v) is 6.60. The van der Waals surface area contributed by atoms with Crippen molar-refractivity contribution in [2.24, 2.45) is 5.73 Å². The molecular weight excluding hydrogens is 220 g/mol. The van der Waals surface area contributed by atoms with Gasteiger partial charge in [-0.25, -0.2) is 0 Å². The molecule has 0 saturated carbocycles. The van der Waals surface area contributed by atoms with Crippen LogP contribution in [0.1, 0.15) is 44.0 Å². The molecule has 1 aliphatic rings. The van der Waals surface area contributed by atoms with Gasteiger partial charge in [-0.2, -0.15) is 0 Å². The van der Waals surface area contributed by atoms with Crippen LogP contribution in [0.3, 0.4) is 0 Å². The molecule has 2 heteroatoms. The molecule has 2 aromatic rings. The van der Waals surface area contributed by atoms with Gasteiger partial charge < -0.3 is 10.7 Å². The van der Waals surface area contributed by atoms with Crippen molar-refractivity contribution < 1.29 is 0 Å². The molecule has 3 N–H and O–H groups in total. The number of benzene rings is 1. The van der Waals surface area contributed by atoms with Crippen molar-refractivity contribution >= 4 is 10.9 Å². The van der Waals surface area contributed by atoms with E-state index < -0.39 is 0 Å². The summed E-state index contributed by atoms with van der Waals surface area (Å²) in [5.74, 6) is 0. The Balaban J connectivity index is 2.18. The number of nitrogens with one attached hydrogen (secondary N) is 1. The van der Waals surface area contributed by atoms with Gasteiger partial charge in [-0.1, -0.05) is 26.8 Å². The van der Waals surface area contributed by atoms with Gasteiger partial charge in [0.1, 0.15) is 0 Å². The summed E-state index contributed by atoms with van der Waals surface area (Å²) in [6.07, 6.45) is 3.21. The van der Waals surface area contributed by atoms with Crippen molar-refractivity contribution in [3.05, 3.63) is 35.0 Å². The molecule has 3 rings (SSSR count). The summed E-state index contributed by atoms with van der Waals surface area (Å²) in [6.45, 7) is 6.79. The summed E-state index contributed by atoms with van der Waals surface area (Å²) in [4.78, 5) is 3.56. The molecule has 1 atom stereocenters. The smallest absolute Gasteiger partial charge is 0.0459 e. The van der Waals surface area contributed by atoms with E-state index in [0.717, 1.165) is 19.3 Å². The lowest BCUT2D eigenvalue weighted by atomic mass is 9.85. The van der Waals surface area contributed by atoms with Gasteiger partial charge >= 0.3 is 0 Å². The first-order chi connectivity index (χ1) is 8.45. The predicted octanol–water partition coefficient (Wildman–Crippen LogP) is 3.28. The van der Waals surface area contributed by atoms with Crippen LogP contribution in [0.25, 0.3) is 10.9 Å². The van der Waals surface area contributed by atoms with E-state index in [1.807, 2.05) is 0 Å². The van der Waals surface area contributed by atoms with Gasteiger partial charge in [-0.05, 0) is 47.9 Å². The zero-order chi connectivity index (χ0) is 12.9. The van der Waals surface area contributed by atoms with Gasteiger partial charge in [0.2, 0.25) is 0 Å².